The zero-order chi connectivity index (χ0) is 12.7. The first-order valence-electron chi connectivity index (χ1n) is 4.79. The van der Waals surface area contributed by atoms with Crippen molar-refractivity contribution < 1.29 is 14.7 Å². The highest BCUT2D eigenvalue weighted by Crippen LogP contribution is 1.92. The predicted octanol–water partition coefficient (Wildman–Crippen LogP) is -0.361. The molecule has 7 heteroatoms. The minimum absolute atomic E-state index is 0.0592. The summed E-state index contributed by atoms with van der Waals surface area (Å²) in [4.78, 5) is 29.8. The van der Waals surface area contributed by atoms with Gasteiger partial charge < -0.3 is 20.3 Å². The molecule has 2 amide bonds. The molecule has 17 heavy (non-hydrogen) atoms. The van der Waals surface area contributed by atoms with Crippen LogP contribution in [-0.2, 0) is 11.3 Å². The number of imidazole rings is 1. The standard InChI is InChI=1S/C10H12N4O3/c1-2-5-14(7-9(15)16)10(17)13-6-8-11-3-4-12-8/h1,3-4H,5-7H2,(H,11,12)(H,13,17)(H,15,16). The van der Waals surface area contributed by atoms with Crippen molar-refractivity contribution >= 4 is 12.0 Å². The molecule has 0 saturated carbocycles. The highest BCUT2D eigenvalue weighted by Gasteiger charge is 2.15. The van der Waals surface area contributed by atoms with Gasteiger partial charge in [-0.05, 0) is 0 Å². The maximum Gasteiger partial charge on any atom is 0.323 e. The molecule has 0 atom stereocenters. The number of hydrogen-bond donors (Lipinski definition) is 3. The second-order valence-electron chi connectivity index (χ2n) is 3.15. The third kappa shape index (κ3) is 4.25. The Bertz CT molecular complexity index is 421. The Morgan fingerprint density at radius 3 is 2.94 bits per heavy atom. The molecule has 7 nitrogen and oxygen atoms in total. The average molecular weight is 236 g/mol. The van der Waals surface area contributed by atoms with E-state index in [-0.39, 0.29) is 13.1 Å². The van der Waals surface area contributed by atoms with Gasteiger partial charge in [-0.3, -0.25) is 4.79 Å². The van der Waals surface area contributed by atoms with Crippen molar-refractivity contribution in [1.29, 1.82) is 0 Å². The van der Waals surface area contributed by atoms with Crippen molar-refractivity contribution in [3.63, 3.8) is 0 Å². The van der Waals surface area contributed by atoms with Gasteiger partial charge in [0, 0.05) is 12.4 Å². The number of H-pyrrole nitrogens is 1. The van der Waals surface area contributed by atoms with Gasteiger partial charge in [0.2, 0.25) is 0 Å². The quantitative estimate of drug-likeness (QED) is 0.608. The fraction of sp³-hybridized carbons (Fsp3) is 0.300. The van der Waals surface area contributed by atoms with Gasteiger partial charge in [0.25, 0.3) is 0 Å². The number of nitrogens with one attached hydrogen (secondary N) is 2. The molecule has 1 aromatic rings. The Kier molecular flexibility index (Phi) is 4.57. The van der Waals surface area contributed by atoms with E-state index in [9.17, 15) is 9.59 Å². The molecule has 0 aromatic carbocycles. The lowest BCUT2D eigenvalue weighted by Gasteiger charge is -2.17. The van der Waals surface area contributed by atoms with E-state index in [1.54, 1.807) is 12.4 Å². The van der Waals surface area contributed by atoms with Crippen molar-refractivity contribution in [2.75, 3.05) is 13.1 Å². The summed E-state index contributed by atoms with van der Waals surface area (Å²) in [6.07, 6.45) is 8.23. The Morgan fingerprint density at radius 2 is 2.41 bits per heavy atom. The maximum atomic E-state index is 11.6. The van der Waals surface area contributed by atoms with Crippen LogP contribution >= 0.6 is 0 Å². The van der Waals surface area contributed by atoms with Crippen LogP contribution in [0.5, 0.6) is 0 Å². The van der Waals surface area contributed by atoms with E-state index in [0.29, 0.717) is 5.82 Å². The van der Waals surface area contributed by atoms with Crippen molar-refractivity contribution in [3.05, 3.63) is 18.2 Å². The number of hydrogen-bond acceptors (Lipinski definition) is 3. The minimum Gasteiger partial charge on any atom is -0.480 e. The zero-order valence-corrected chi connectivity index (χ0v) is 9.01. The summed E-state index contributed by atoms with van der Waals surface area (Å²) in [6, 6.07) is -0.540. The van der Waals surface area contributed by atoms with Gasteiger partial charge in [0.15, 0.2) is 0 Å². The van der Waals surface area contributed by atoms with E-state index in [1.807, 2.05) is 0 Å². The second-order valence-corrected chi connectivity index (χ2v) is 3.15. The molecule has 0 bridgehead atoms. The van der Waals surface area contributed by atoms with E-state index in [2.05, 4.69) is 21.2 Å². The summed E-state index contributed by atoms with van der Waals surface area (Å²) in [7, 11) is 0. The van der Waals surface area contributed by atoms with Gasteiger partial charge in [0.1, 0.15) is 12.4 Å². The number of carboxylic acids is 1. The van der Waals surface area contributed by atoms with Crippen LogP contribution in [0, 0.1) is 12.3 Å². The van der Waals surface area contributed by atoms with Crippen LogP contribution in [0.4, 0.5) is 4.79 Å². The SMILES string of the molecule is C#CCN(CC(=O)O)C(=O)NCc1ncc[nH]1. The molecule has 3 N–H and O–H groups in total. The lowest BCUT2D eigenvalue weighted by Crippen LogP contribution is -2.42. The van der Waals surface area contributed by atoms with Crippen LogP contribution in [0.2, 0.25) is 0 Å². The summed E-state index contributed by atoms with van der Waals surface area (Å²) in [6.45, 7) is -0.309. The lowest BCUT2D eigenvalue weighted by atomic mass is 10.5. The Labute approximate surface area is 97.8 Å². The summed E-state index contributed by atoms with van der Waals surface area (Å²) < 4.78 is 0. The number of terminal acetylenes is 1. The molecule has 1 aromatic heterocycles. The second kappa shape index (κ2) is 6.17. The molecule has 0 saturated heterocycles. The topological polar surface area (TPSA) is 98.3 Å². The summed E-state index contributed by atoms with van der Waals surface area (Å²) >= 11 is 0. The molecule has 0 fully saturated rings. The van der Waals surface area contributed by atoms with Gasteiger partial charge in [-0.25, -0.2) is 9.78 Å². The number of carboxylic acid groups (broad SMARTS) is 1. The number of carbonyl (C=O) groups is 2. The largest absolute Gasteiger partial charge is 0.480 e. The van der Waals surface area contributed by atoms with E-state index >= 15 is 0 Å². The molecule has 1 heterocycles. The predicted molar refractivity (Wildman–Crippen MR) is 58.9 cm³/mol. The van der Waals surface area contributed by atoms with Crippen molar-refractivity contribution in [1.82, 2.24) is 20.2 Å². The summed E-state index contributed by atoms with van der Waals surface area (Å²) in [5.41, 5.74) is 0. The summed E-state index contributed by atoms with van der Waals surface area (Å²) in [5.74, 6) is 1.69. The highest BCUT2D eigenvalue weighted by molar-refractivity contribution is 5.80. The first-order chi connectivity index (χ1) is 8.13. The number of aromatic amines is 1. The third-order valence-electron chi connectivity index (χ3n) is 1.86. The van der Waals surface area contributed by atoms with Gasteiger partial charge in [-0.15, -0.1) is 6.42 Å². The molecular weight excluding hydrogens is 224 g/mol. The van der Waals surface area contributed by atoms with Crippen LogP contribution in [0.3, 0.4) is 0 Å². The number of aromatic nitrogens is 2. The minimum atomic E-state index is -1.12. The third-order valence-corrected chi connectivity index (χ3v) is 1.86. The van der Waals surface area contributed by atoms with Gasteiger partial charge in [0.05, 0.1) is 13.1 Å². The molecular formula is C10H12N4O3. The van der Waals surface area contributed by atoms with Crippen LogP contribution in [-0.4, -0.2) is 45.1 Å². The fourth-order valence-electron chi connectivity index (χ4n) is 1.14. The lowest BCUT2D eigenvalue weighted by molar-refractivity contribution is -0.137. The van der Waals surface area contributed by atoms with Gasteiger partial charge >= 0.3 is 12.0 Å². The van der Waals surface area contributed by atoms with Crippen molar-refractivity contribution in [3.8, 4) is 12.3 Å². The monoisotopic (exact) mass is 236 g/mol. The smallest absolute Gasteiger partial charge is 0.323 e. The number of aliphatic carboxylic acids is 1. The van der Waals surface area contributed by atoms with E-state index in [4.69, 9.17) is 11.5 Å². The van der Waals surface area contributed by atoms with Crippen molar-refractivity contribution in [2.45, 2.75) is 6.54 Å². The Morgan fingerprint density at radius 1 is 1.65 bits per heavy atom. The first kappa shape index (κ1) is 12.6. The molecule has 0 aliphatic carbocycles. The van der Waals surface area contributed by atoms with Crippen molar-refractivity contribution in [2.24, 2.45) is 0 Å². The summed E-state index contributed by atoms with van der Waals surface area (Å²) in [5, 5.41) is 11.1. The maximum absolute atomic E-state index is 11.6. The molecule has 0 aliphatic heterocycles. The highest BCUT2D eigenvalue weighted by atomic mass is 16.4. The van der Waals surface area contributed by atoms with E-state index in [0.717, 1.165) is 4.90 Å². The van der Waals surface area contributed by atoms with Gasteiger partial charge in [-0.2, -0.15) is 0 Å². The molecule has 0 aliphatic rings. The van der Waals surface area contributed by atoms with Crippen LogP contribution < -0.4 is 5.32 Å². The van der Waals surface area contributed by atoms with E-state index in [1.165, 1.54) is 0 Å². The molecule has 0 unspecified atom stereocenters. The number of nitrogens with zero attached hydrogens (tertiary/aromatic N) is 2. The number of urea groups is 1. The molecule has 1 rings (SSSR count). The van der Waals surface area contributed by atoms with Crippen LogP contribution in [0.25, 0.3) is 0 Å². The molecule has 0 radical (unpaired) electrons. The Balaban J connectivity index is 2.47. The van der Waals surface area contributed by atoms with Gasteiger partial charge in [-0.1, -0.05) is 5.92 Å². The molecule has 0 spiro atoms. The zero-order valence-electron chi connectivity index (χ0n) is 9.01. The van der Waals surface area contributed by atoms with Crippen LogP contribution in [0.1, 0.15) is 5.82 Å². The molecule has 90 valence electrons. The average Bonchev–Trinajstić information content (AvgIpc) is 2.77. The number of carbonyl (C=O) groups excluding carboxylic acids is 1. The Hall–Kier alpha value is -2.49. The normalized spacial score (nSPS) is 9.35. The van der Waals surface area contributed by atoms with Crippen LogP contribution in [0.15, 0.2) is 12.4 Å². The number of amides is 2. The first-order valence-corrected chi connectivity index (χ1v) is 4.79. The fourth-order valence-corrected chi connectivity index (χ4v) is 1.14. The van der Waals surface area contributed by atoms with E-state index < -0.39 is 18.5 Å². The number of rotatable bonds is 5.